The summed E-state index contributed by atoms with van der Waals surface area (Å²) in [5, 5.41) is 17.0. The number of aliphatic hydroxyl groups excluding tert-OH is 1. The average Bonchev–Trinajstić information content (AvgIpc) is 2.69. The Labute approximate surface area is 198 Å². The molecule has 0 amide bonds. The van der Waals surface area contributed by atoms with E-state index >= 15 is 0 Å². The van der Waals surface area contributed by atoms with Crippen LogP contribution in [-0.4, -0.2) is 43.2 Å². The molecule has 2 rings (SSSR count). The molecule has 1 atom stereocenters. The van der Waals surface area contributed by atoms with Gasteiger partial charge in [0.15, 0.2) is 5.96 Å². The van der Waals surface area contributed by atoms with Crippen LogP contribution in [0.4, 0.5) is 5.82 Å². The van der Waals surface area contributed by atoms with E-state index in [1.165, 1.54) is 5.56 Å². The van der Waals surface area contributed by atoms with Crippen LogP contribution in [0.25, 0.3) is 0 Å². The summed E-state index contributed by atoms with van der Waals surface area (Å²) in [5.41, 5.74) is 3.30. The summed E-state index contributed by atoms with van der Waals surface area (Å²) in [6.07, 6.45) is 1.18. The maximum Gasteiger partial charge on any atom is 0.191 e. The lowest BCUT2D eigenvalue weighted by Crippen LogP contribution is -2.39. The average molecular weight is 525 g/mol. The smallest absolute Gasteiger partial charge is 0.191 e. The normalized spacial score (nSPS) is 12.7. The van der Waals surface area contributed by atoms with Gasteiger partial charge in [-0.05, 0) is 29.5 Å². The number of aliphatic imine (C=N–C) groups is 1. The fourth-order valence-electron chi connectivity index (χ4n) is 2.98. The number of hydrogen-bond donors (Lipinski definition) is 3. The van der Waals surface area contributed by atoms with Gasteiger partial charge in [-0.1, -0.05) is 51.1 Å². The molecule has 0 bridgehead atoms. The van der Waals surface area contributed by atoms with Crippen LogP contribution in [0.3, 0.4) is 0 Å². The Bertz CT molecular complexity index is 800. The SMILES string of the molecule is CCNC(=NCc1cccnc1N(C)C)NCC(O)c1ccc(C(C)(C)C)cc1.I. The molecule has 1 aromatic heterocycles. The van der Waals surface area contributed by atoms with Gasteiger partial charge in [-0.15, -0.1) is 24.0 Å². The molecule has 1 aromatic carbocycles. The topological polar surface area (TPSA) is 72.8 Å². The Morgan fingerprint density at radius 1 is 1.13 bits per heavy atom. The van der Waals surface area contributed by atoms with Gasteiger partial charge in [-0.2, -0.15) is 0 Å². The summed E-state index contributed by atoms with van der Waals surface area (Å²) in [6, 6.07) is 12.1. The molecule has 1 heterocycles. The fourth-order valence-corrected chi connectivity index (χ4v) is 2.98. The highest BCUT2D eigenvalue weighted by molar-refractivity contribution is 14.0. The van der Waals surface area contributed by atoms with E-state index < -0.39 is 6.10 Å². The van der Waals surface area contributed by atoms with E-state index in [4.69, 9.17) is 0 Å². The van der Waals surface area contributed by atoms with Crippen LogP contribution in [0.1, 0.15) is 50.5 Å². The van der Waals surface area contributed by atoms with Crippen LogP contribution >= 0.6 is 24.0 Å². The predicted molar refractivity (Wildman–Crippen MR) is 137 cm³/mol. The summed E-state index contributed by atoms with van der Waals surface area (Å²) in [6.45, 7) is 10.2. The van der Waals surface area contributed by atoms with Gasteiger partial charge in [0.25, 0.3) is 0 Å². The summed E-state index contributed by atoms with van der Waals surface area (Å²) in [7, 11) is 3.95. The Hall–Kier alpha value is -1.87. The number of guanidine groups is 1. The van der Waals surface area contributed by atoms with E-state index in [1.807, 2.05) is 50.2 Å². The summed E-state index contributed by atoms with van der Waals surface area (Å²) in [5.74, 6) is 1.58. The molecular weight excluding hydrogens is 489 g/mol. The van der Waals surface area contributed by atoms with Crippen LogP contribution in [0.15, 0.2) is 47.6 Å². The van der Waals surface area contributed by atoms with Crippen molar-refractivity contribution in [2.45, 2.75) is 45.8 Å². The van der Waals surface area contributed by atoms with Crippen molar-refractivity contribution >= 4 is 35.8 Å². The minimum Gasteiger partial charge on any atom is -0.387 e. The zero-order valence-corrected chi connectivity index (χ0v) is 21.3. The van der Waals surface area contributed by atoms with Crippen LogP contribution in [0, 0.1) is 0 Å². The zero-order chi connectivity index (χ0) is 21.4. The third kappa shape index (κ3) is 7.75. The van der Waals surface area contributed by atoms with Crippen LogP contribution in [0.5, 0.6) is 0 Å². The Kier molecular flexibility index (Phi) is 10.6. The van der Waals surface area contributed by atoms with Gasteiger partial charge in [-0.3, -0.25) is 0 Å². The maximum absolute atomic E-state index is 10.6. The lowest BCUT2D eigenvalue weighted by atomic mass is 9.86. The highest BCUT2D eigenvalue weighted by Crippen LogP contribution is 2.23. The number of pyridine rings is 1. The minimum atomic E-state index is -0.608. The van der Waals surface area contributed by atoms with E-state index in [2.05, 4.69) is 53.5 Å². The lowest BCUT2D eigenvalue weighted by Gasteiger charge is -2.20. The molecule has 2 aromatic rings. The Balaban J connectivity index is 0.00000450. The van der Waals surface area contributed by atoms with Gasteiger partial charge in [0.2, 0.25) is 0 Å². The van der Waals surface area contributed by atoms with Crippen molar-refractivity contribution in [1.82, 2.24) is 15.6 Å². The Morgan fingerprint density at radius 3 is 2.37 bits per heavy atom. The number of aliphatic hydroxyl groups is 1. The number of benzene rings is 1. The van der Waals surface area contributed by atoms with E-state index in [0.29, 0.717) is 19.0 Å². The molecule has 0 spiro atoms. The summed E-state index contributed by atoms with van der Waals surface area (Å²) >= 11 is 0. The van der Waals surface area contributed by atoms with Crippen molar-refractivity contribution in [1.29, 1.82) is 0 Å². The second-order valence-corrected chi connectivity index (χ2v) is 8.34. The van der Waals surface area contributed by atoms with E-state index in [1.54, 1.807) is 6.20 Å². The molecule has 0 aliphatic rings. The number of aromatic nitrogens is 1. The molecule has 1 unspecified atom stereocenters. The number of hydrogen-bond acceptors (Lipinski definition) is 4. The first-order chi connectivity index (χ1) is 13.7. The highest BCUT2D eigenvalue weighted by atomic mass is 127. The van der Waals surface area contributed by atoms with E-state index in [-0.39, 0.29) is 29.4 Å². The van der Waals surface area contributed by atoms with E-state index in [9.17, 15) is 5.11 Å². The van der Waals surface area contributed by atoms with Crippen molar-refractivity contribution in [3.05, 3.63) is 59.3 Å². The molecule has 6 nitrogen and oxygen atoms in total. The second-order valence-electron chi connectivity index (χ2n) is 8.34. The van der Waals surface area contributed by atoms with Gasteiger partial charge >= 0.3 is 0 Å². The van der Waals surface area contributed by atoms with Crippen molar-refractivity contribution < 1.29 is 5.11 Å². The van der Waals surface area contributed by atoms with Crippen molar-refractivity contribution in [3.63, 3.8) is 0 Å². The zero-order valence-electron chi connectivity index (χ0n) is 18.9. The molecule has 0 saturated heterocycles. The summed E-state index contributed by atoms with van der Waals surface area (Å²) < 4.78 is 0. The van der Waals surface area contributed by atoms with Gasteiger partial charge in [0.05, 0.1) is 12.6 Å². The van der Waals surface area contributed by atoms with Crippen LogP contribution in [-0.2, 0) is 12.0 Å². The standard InChI is InChI=1S/C23H35N5O.HI/c1-7-24-22(26-15-18-9-8-14-25-21(18)28(5)6)27-16-20(29)17-10-12-19(13-11-17)23(2,3)4;/h8-14,20,29H,7,15-16H2,1-6H3,(H2,24,26,27);1H. The molecule has 30 heavy (non-hydrogen) atoms. The van der Waals surface area contributed by atoms with Crippen LogP contribution in [0.2, 0.25) is 0 Å². The number of anilines is 1. The number of rotatable bonds is 7. The third-order valence-corrected chi connectivity index (χ3v) is 4.67. The highest BCUT2D eigenvalue weighted by Gasteiger charge is 2.15. The molecule has 0 aliphatic heterocycles. The first kappa shape index (κ1) is 26.2. The van der Waals surface area contributed by atoms with Crippen molar-refractivity contribution in [2.75, 3.05) is 32.1 Å². The largest absolute Gasteiger partial charge is 0.387 e. The number of halogens is 1. The lowest BCUT2D eigenvalue weighted by molar-refractivity contribution is 0.181. The number of nitrogens with zero attached hydrogens (tertiary/aromatic N) is 3. The quantitative estimate of drug-likeness (QED) is 0.291. The molecule has 0 fully saturated rings. The molecular formula is C23H36IN5O. The van der Waals surface area contributed by atoms with Gasteiger partial charge in [-0.25, -0.2) is 9.98 Å². The van der Waals surface area contributed by atoms with Gasteiger partial charge in [0.1, 0.15) is 5.82 Å². The van der Waals surface area contributed by atoms with Crippen LogP contribution < -0.4 is 15.5 Å². The molecule has 0 radical (unpaired) electrons. The first-order valence-electron chi connectivity index (χ1n) is 10.1. The first-order valence-corrected chi connectivity index (χ1v) is 10.1. The van der Waals surface area contributed by atoms with Crippen molar-refractivity contribution in [3.8, 4) is 0 Å². The fraction of sp³-hybridized carbons (Fsp3) is 0.478. The van der Waals surface area contributed by atoms with Gasteiger partial charge < -0.3 is 20.6 Å². The predicted octanol–water partition coefficient (Wildman–Crippen LogP) is 3.85. The minimum absolute atomic E-state index is 0. The van der Waals surface area contributed by atoms with Crippen molar-refractivity contribution in [2.24, 2.45) is 4.99 Å². The van der Waals surface area contributed by atoms with E-state index in [0.717, 1.165) is 23.5 Å². The summed E-state index contributed by atoms with van der Waals surface area (Å²) in [4.78, 5) is 11.1. The Morgan fingerprint density at radius 2 is 1.80 bits per heavy atom. The molecule has 7 heteroatoms. The molecule has 0 saturated carbocycles. The van der Waals surface area contributed by atoms with Gasteiger partial charge in [0, 0.05) is 38.9 Å². The molecule has 0 aliphatic carbocycles. The monoisotopic (exact) mass is 525 g/mol. The third-order valence-electron chi connectivity index (χ3n) is 4.67. The second kappa shape index (κ2) is 12.1. The molecule has 3 N–H and O–H groups in total. The molecule has 166 valence electrons. The maximum atomic E-state index is 10.6. The number of nitrogens with one attached hydrogen (secondary N) is 2.